The molecule has 4 aliphatic carbocycles. The van der Waals surface area contributed by atoms with Crippen LogP contribution in [-0.4, -0.2) is 18.1 Å². The Labute approximate surface area is 163 Å². The van der Waals surface area contributed by atoms with Gasteiger partial charge in [0.15, 0.2) is 0 Å². The highest BCUT2D eigenvalue weighted by Gasteiger charge is 2.51. The quantitative estimate of drug-likeness (QED) is 0.588. The molecular weight excluding hydrogens is 368 g/mol. The molecule has 1 aromatic carbocycles. The first-order valence-electron chi connectivity index (χ1n) is 9.39. The number of halogens is 1. The minimum atomic E-state index is -0.371. The van der Waals surface area contributed by atoms with Gasteiger partial charge in [-0.05, 0) is 86.1 Å². The third kappa shape index (κ3) is 3.61. The Morgan fingerprint density at radius 1 is 1.12 bits per heavy atom. The average Bonchev–Trinajstić information content (AvgIpc) is 2.58. The number of hydrogen-bond acceptors (Lipinski definition) is 3. The number of benzene rings is 1. The maximum absolute atomic E-state index is 12.5. The highest BCUT2D eigenvalue weighted by atomic mass is 35.5. The third-order valence-electron chi connectivity index (χ3n) is 6.43. The molecule has 0 heterocycles. The van der Waals surface area contributed by atoms with Crippen molar-refractivity contribution in [3.63, 3.8) is 0 Å². The van der Waals surface area contributed by atoms with Gasteiger partial charge in [-0.25, -0.2) is 0 Å². The largest absolute Gasteiger partial charge is 0.273 e. The van der Waals surface area contributed by atoms with Gasteiger partial charge >= 0.3 is 0 Å². The van der Waals surface area contributed by atoms with Crippen molar-refractivity contribution in [2.75, 3.05) is 6.26 Å². The van der Waals surface area contributed by atoms with Crippen LogP contribution in [0.1, 0.15) is 55.3 Å². The first kappa shape index (κ1) is 18.2. The van der Waals surface area contributed by atoms with Gasteiger partial charge in [-0.3, -0.25) is 20.4 Å². The number of carbonyl (C=O) groups is 2. The van der Waals surface area contributed by atoms with Crippen LogP contribution in [0, 0.1) is 23.2 Å². The van der Waals surface area contributed by atoms with E-state index in [4.69, 9.17) is 11.6 Å². The van der Waals surface area contributed by atoms with Crippen molar-refractivity contribution in [1.82, 2.24) is 10.9 Å². The summed E-state index contributed by atoms with van der Waals surface area (Å²) in [6, 6.07) is 5.32. The number of rotatable bonds is 4. The van der Waals surface area contributed by atoms with Crippen LogP contribution in [0.4, 0.5) is 0 Å². The second-order valence-electron chi connectivity index (χ2n) is 8.44. The lowest BCUT2D eigenvalue weighted by Gasteiger charge is -2.56. The molecule has 0 radical (unpaired) electrons. The fourth-order valence-corrected chi connectivity index (χ4v) is 6.53. The van der Waals surface area contributed by atoms with Crippen molar-refractivity contribution < 1.29 is 9.59 Å². The van der Waals surface area contributed by atoms with E-state index in [0.717, 1.165) is 22.6 Å². The van der Waals surface area contributed by atoms with Gasteiger partial charge in [-0.2, -0.15) is 0 Å². The van der Waals surface area contributed by atoms with Crippen molar-refractivity contribution >= 4 is 35.2 Å². The van der Waals surface area contributed by atoms with Gasteiger partial charge in [0.05, 0.1) is 10.6 Å². The molecule has 0 atom stereocenters. The van der Waals surface area contributed by atoms with Crippen LogP contribution >= 0.6 is 23.4 Å². The van der Waals surface area contributed by atoms with Gasteiger partial charge in [0, 0.05) is 11.3 Å². The average molecular weight is 393 g/mol. The van der Waals surface area contributed by atoms with Crippen LogP contribution in [-0.2, 0) is 4.79 Å². The number of hydrazine groups is 1. The molecule has 0 aliphatic heterocycles. The lowest BCUT2D eigenvalue weighted by atomic mass is 9.49. The smallest absolute Gasteiger partial charge is 0.271 e. The molecule has 1 aromatic rings. The molecule has 4 fully saturated rings. The molecule has 4 saturated carbocycles. The zero-order chi connectivity index (χ0) is 18.3. The molecule has 0 saturated heterocycles. The van der Waals surface area contributed by atoms with E-state index >= 15 is 0 Å². The first-order chi connectivity index (χ1) is 12.5. The maximum Gasteiger partial charge on any atom is 0.271 e. The third-order valence-corrected chi connectivity index (χ3v) is 7.49. The second-order valence-corrected chi connectivity index (χ2v) is 9.73. The topological polar surface area (TPSA) is 58.2 Å². The Hall–Kier alpha value is -1.20. The molecule has 6 heteroatoms. The summed E-state index contributed by atoms with van der Waals surface area (Å²) >= 11 is 7.67. The van der Waals surface area contributed by atoms with E-state index < -0.39 is 0 Å². The Bertz CT molecular complexity index is 701. The number of amides is 2. The molecule has 4 nitrogen and oxygen atoms in total. The van der Waals surface area contributed by atoms with Crippen LogP contribution < -0.4 is 10.9 Å². The standard InChI is InChI=1S/C20H25ClN2O2S/c1-26-15-2-3-17(21)16(7-15)19(25)23-22-18(24)11-20-8-12-4-13(9-20)6-14(5-12)10-20/h2-3,7,12-14H,4-6,8-11H2,1H3,(H,22,24)(H,23,25). The molecule has 4 bridgehead atoms. The van der Waals surface area contributed by atoms with E-state index in [1.165, 1.54) is 38.5 Å². The van der Waals surface area contributed by atoms with Crippen LogP contribution in [0.3, 0.4) is 0 Å². The van der Waals surface area contributed by atoms with Gasteiger partial charge in [-0.1, -0.05) is 11.6 Å². The van der Waals surface area contributed by atoms with Crippen molar-refractivity contribution in [2.45, 2.75) is 49.8 Å². The lowest BCUT2D eigenvalue weighted by molar-refractivity contribution is -0.130. The second kappa shape index (κ2) is 7.08. The van der Waals surface area contributed by atoms with E-state index in [-0.39, 0.29) is 17.2 Å². The van der Waals surface area contributed by atoms with Crippen LogP contribution in [0.15, 0.2) is 23.1 Å². The fraction of sp³-hybridized carbons (Fsp3) is 0.600. The SMILES string of the molecule is CSc1ccc(Cl)c(C(=O)NNC(=O)CC23CC4CC(CC(C4)C2)C3)c1. The first-order valence-corrected chi connectivity index (χ1v) is 11.0. The molecule has 5 rings (SSSR count). The minimum Gasteiger partial charge on any atom is -0.273 e. The summed E-state index contributed by atoms with van der Waals surface area (Å²) in [6.07, 6.45) is 10.1. The summed E-state index contributed by atoms with van der Waals surface area (Å²) in [7, 11) is 0. The highest BCUT2D eigenvalue weighted by molar-refractivity contribution is 7.98. The summed E-state index contributed by atoms with van der Waals surface area (Å²) < 4.78 is 0. The van der Waals surface area contributed by atoms with Crippen molar-refractivity contribution in [2.24, 2.45) is 23.2 Å². The van der Waals surface area contributed by atoms with Gasteiger partial charge < -0.3 is 0 Å². The van der Waals surface area contributed by atoms with E-state index in [9.17, 15) is 9.59 Å². The van der Waals surface area contributed by atoms with Crippen LogP contribution in [0.2, 0.25) is 5.02 Å². The van der Waals surface area contributed by atoms with Gasteiger partial charge in [-0.15, -0.1) is 11.8 Å². The Morgan fingerprint density at radius 3 is 2.31 bits per heavy atom. The van der Waals surface area contributed by atoms with E-state index in [1.807, 2.05) is 12.3 Å². The summed E-state index contributed by atoms with van der Waals surface area (Å²) in [6.45, 7) is 0. The van der Waals surface area contributed by atoms with Crippen LogP contribution in [0.25, 0.3) is 0 Å². The number of carbonyl (C=O) groups excluding carboxylic acids is 2. The molecule has 140 valence electrons. The van der Waals surface area contributed by atoms with E-state index in [1.54, 1.807) is 23.9 Å². The van der Waals surface area contributed by atoms with Crippen molar-refractivity contribution in [1.29, 1.82) is 0 Å². The van der Waals surface area contributed by atoms with E-state index in [0.29, 0.717) is 17.0 Å². The number of nitrogens with one attached hydrogen (secondary N) is 2. The molecule has 0 unspecified atom stereocenters. The molecule has 2 N–H and O–H groups in total. The molecule has 4 aliphatic rings. The van der Waals surface area contributed by atoms with Gasteiger partial charge in [0.25, 0.3) is 5.91 Å². The Balaban J connectivity index is 1.35. The van der Waals surface area contributed by atoms with Gasteiger partial charge in [0.1, 0.15) is 0 Å². The molecule has 0 spiro atoms. The molecule has 26 heavy (non-hydrogen) atoms. The van der Waals surface area contributed by atoms with Gasteiger partial charge in [0.2, 0.25) is 5.91 Å². The predicted molar refractivity (Wildman–Crippen MR) is 104 cm³/mol. The highest BCUT2D eigenvalue weighted by Crippen LogP contribution is 2.61. The monoisotopic (exact) mass is 392 g/mol. The fourth-order valence-electron chi connectivity index (χ4n) is 5.89. The number of hydrogen-bond donors (Lipinski definition) is 2. The molecule has 2 amide bonds. The zero-order valence-electron chi connectivity index (χ0n) is 15.0. The summed E-state index contributed by atoms with van der Waals surface area (Å²) in [5.41, 5.74) is 5.71. The maximum atomic E-state index is 12.5. The Morgan fingerprint density at radius 2 is 1.73 bits per heavy atom. The van der Waals surface area contributed by atoms with E-state index in [2.05, 4.69) is 10.9 Å². The molecule has 0 aromatic heterocycles. The summed E-state index contributed by atoms with van der Waals surface area (Å²) in [5.74, 6) is 1.99. The minimum absolute atomic E-state index is 0.0857. The Kier molecular flexibility index (Phi) is 4.95. The van der Waals surface area contributed by atoms with Crippen LogP contribution in [0.5, 0.6) is 0 Å². The van der Waals surface area contributed by atoms with Crippen molar-refractivity contribution in [3.8, 4) is 0 Å². The summed E-state index contributed by atoms with van der Waals surface area (Å²) in [4.78, 5) is 25.8. The van der Waals surface area contributed by atoms with Crippen molar-refractivity contribution in [3.05, 3.63) is 28.8 Å². The normalized spacial score (nSPS) is 31.7. The lowest BCUT2D eigenvalue weighted by Crippen LogP contribution is -2.50. The molecular formula is C20H25ClN2O2S. The predicted octanol–water partition coefficient (Wildman–Crippen LogP) is 4.43. The number of thioether (sulfide) groups is 1. The summed E-state index contributed by atoms with van der Waals surface area (Å²) in [5, 5.41) is 0.385. The zero-order valence-corrected chi connectivity index (χ0v) is 16.6.